The molecule has 0 unspecified atom stereocenters. The quantitative estimate of drug-likeness (QED) is 0.681. The number of rotatable bonds is 3. The number of hydrogen-bond acceptors (Lipinski definition) is 3. The van der Waals surface area contributed by atoms with Crippen LogP contribution in [-0.2, 0) is 0 Å². The number of halogens is 2. The van der Waals surface area contributed by atoms with Gasteiger partial charge in [0, 0.05) is 18.4 Å². The largest absolute Gasteiger partial charge is 0.511 e. The van der Waals surface area contributed by atoms with Crippen molar-refractivity contribution in [2.45, 2.75) is 18.9 Å². The van der Waals surface area contributed by atoms with Gasteiger partial charge in [-0.05, 0) is 31.0 Å². The summed E-state index contributed by atoms with van der Waals surface area (Å²) >= 11 is 13.0. The molecule has 1 aliphatic carbocycles. The highest BCUT2D eigenvalue weighted by Crippen LogP contribution is 2.42. The van der Waals surface area contributed by atoms with E-state index in [1.807, 2.05) is 12.1 Å². The van der Waals surface area contributed by atoms with Crippen molar-refractivity contribution in [1.29, 1.82) is 0 Å². The minimum Gasteiger partial charge on any atom is -0.449 e. The summed E-state index contributed by atoms with van der Waals surface area (Å²) in [5.41, 5.74) is 0.540. The van der Waals surface area contributed by atoms with Gasteiger partial charge in [-0.2, -0.15) is 0 Å². The minimum atomic E-state index is -1.54. The highest BCUT2D eigenvalue weighted by atomic mass is 35.5. The van der Waals surface area contributed by atoms with Crippen LogP contribution in [-0.4, -0.2) is 20.4 Å². The van der Waals surface area contributed by atoms with Crippen LogP contribution >= 0.6 is 23.2 Å². The molecule has 3 aromatic rings. The van der Waals surface area contributed by atoms with Gasteiger partial charge in [0.25, 0.3) is 0 Å². The van der Waals surface area contributed by atoms with E-state index in [1.54, 1.807) is 21.5 Å². The number of ether oxygens (including phenoxy) is 1. The maximum Gasteiger partial charge on any atom is 0.511 e. The number of nitrogens with zero attached hydrogens (tertiary/aromatic N) is 2. The molecule has 6 nitrogen and oxygen atoms in total. The molecule has 8 heteroatoms. The van der Waals surface area contributed by atoms with E-state index in [0.29, 0.717) is 21.2 Å². The molecule has 1 aromatic carbocycles. The number of fused-ring (bicyclic) bond motifs is 1. The Hall–Kier alpha value is -2.44. The van der Waals surface area contributed by atoms with Crippen molar-refractivity contribution in [3.8, 4) is 11.4 Å². The van der Waals surface area contributed by atoms with Crippen molar-refractivity contribution in [3.05, 3.63) is 57.1 Å². The lowest BCUT2D eigenvalue weighted by Gasteiger charge is -2.17. The van der Waals surface area contributed by atoms with Crippen LogP contribution in [0.15, 0.2) is 41.6 Å². The SMILES string of the molecule is O=C(O)Oc1cn(C2CC2)c2c(Cl)c(-n3cccc3)c(Cl)cc2c1=O. The third-order valence-electron chi connectivity index (χ3n) is 4.15. The first-order chi connectivity index (χ1) is 12.0. The second-order valence-electron chi connectivity index (χ2n) is 5.84. The highest BCUT2D eigenvalue weighted by Gasteiger charge is 2.28. The Morgan fingerprint density at radius 2 is 1.92 bits per heavy atom. The molecule has 4 rings (SSSR count). The van der Waals surface area contributed by atoms with Crippen LogP contribution in [0.3, 0.4) is 0 Å². The molecule has 0 amide bonds. The standard InChI is InChI=1S/C17H12Cl2N2O4/c18-11-7-10-14(13(19)15(11)20-5-1-2-6-20)21(9-3-4-9)8-12(16(10)22)25-17(23)24/h1-2,5-9H,3-4H2,(H,23,24). The predicted molar refractivity (Wildman–Crippen MR) is 94.5 cm³/mol. The van der Waals surface area contributed by atoms with Crippen molar-refractivity contribution in [1.82, 2.24) is 9.13 Å². The average molecular weight is 379 g/mol. The molecule has 0 atom stereocenters. The monoisotopic (exact) mass is 378 g/mol. The Bertz CT molecular complexity index is 1050. The van der Waals surface area contributed by atoms with E-state index in [1.165, 1.54) is 12.3 Å². The Morgan fingerprint density at radius 1 is 1.24 bits per heavy atom. The van der Waals surface area contributed by atoms with Crippen LogP contribution in [0.2, 0.25) is 10.0 Å². The summed E-state index contributed by atoms with van der Waals surface area (Å²) in [6.45, 7) is 0. The van der Waals surface area contributed by atoms with Gasteiger partial charge in [0.1, 0.15) is 0 Å². The van der Waals surface area contributed by atoms with Gasteiger partial charge >= 0.3 is 6.16 Å². The molecule has 1 aliphatic rings. The van der Waals surface area contributed by atoms with Crippen LogP contribution in [0, 0.1) is 0 Å². The molecular formula is C17H12Cl2N2O4. The first-order valence-corrected chi connectivity index (χ1v) is 8.34. The summed E-state index contributed by atoms with van der Waals surface area (Å²) < 4.78 is 8.22. The van der Waals surface area contributed by atoms with Crippen LogP contribution < -0.4 is 10.2 Å². The van der Waals surface area contributed by atoms with Crippen molar-refractivity contribution >= 4 is 40.3 Å². The van der Waals surface area contributed by atoms with Gasteiger partial charge in [0.2, 0.25) is 5.43 Å². The van der Waals surface area contributed by atoms with Crippen molar-refractivity contribution in [3.63, 3.8) is 0 Å². The fourth-order valence-corrected chi connectivity index (χ4v) is 3.68. The third-order valence-corrected chi connectivity index (χ3v) is 4.80. The number of pyridine rings is 1. The highest BCUT2D eigenvalue weighted by molar-refractivity contribution is 6.41. The van der Waals surface area contributed by atoms with Crippen molar-refractivity contribution in [2.24, 2.45) is 0 Å². The lowest BCUT2D eigenvalue weighted by atomic mass is 10.1. The Kier molecular flexibility index (Phi) is 3.74. The van der Waals surface area contributed by atoms with E-state index in [4.69, 9.17) is 28.3 Å². The minimum absolute atomic E-state index is 0.149. The molecule has 1 saturated carbocycles. The van der Waals surface area contributed by atoms with Crippen LogP contribution in [0.5, 0.6) is 5.75 Å². The second-order valence-corrected chi connectivity index (χ2v) is 6.62. The zero-order chi connectivity index (χ0) is 17.7. The fourth-order valence-electron chi connectivity index (χ4n) is 2.93. The molecular weight excluding hydrogens is 367 g/mol. The van der Waals surface area contributed by atoms with Gasteiger partial charge in [-0.15, -0.1) is 0 Å². The summed E-state index contributed by atoms with van der Waals surface area (Å²) in [7, 11) is 0. The number of carbonyl (C=O) groups is 1. The number of carboxylic acid groups (broad SMARTS) is 1. The van der Waals surface area contributed by atoms with Crippen LogP contribution in [0.4, 0.5) is 4.79 Å². The Morgan fingerprint density at radius 3 is 2.52 bits per heavy atom. The number of aromatic nitrogens is 2. The van der Waals surface area contributed by atoms with Gasteiger partial charge in [-0.3, -0.25) is 4.79 Å². The summed E-state index contributed by atoms with van der Waals surface area (Å²) in [5, 5.41) is 9.72. The van der Waals surface area contributed by atoms with Crippen molar-refractivity contribution in [2.75, 3.05) is 0 Å². The first-order valence-electron chi connectivity index (χ1n) is 7.58. The Labute approximate surface area is 151 Å². The summed E-state index contributed by atoms with van der Waals surface area (Å²) in [4.78, 5) is 23.5. The smallest absolute Gasteiger partial charge is 0.449 e. The normalized spacial score (nSPS) is 14.0. The molecule has 0 radical (unpaired) electrons. The summed E-state index contributed by atoms with van der Waals surface area (Å²) in [6.07, 6.45) is 5.32. The molecule has 2 heterocycles. The summed E-state index contributed by atoms with van der Waals surface area (Å²) in [6, 6.07) is 5.34. The van der Waals surface area contributed by atoms with Crippen LogP contribution in [0.25, 0.3) is 16.6 Å². The molecule has 2 aromatic heterocycles. The average Bonchev–Trinajstić information content (AvgIpc) is 3.26. The van der Waals surface area contributed by atoms with E-state index in [-0.39, 0.29) is 17.2 Å². The number of benzene rings is 1. The van der Waals surface area contributed by atoms with E-state index >= 15 is 0 Å². The molecule has 128 valence electrons. The van der Waals surface area contributed by atoms with E-state index in [2.05, 4.69) is 4.74 Å². The molecule has 1 N–H and O–H groups in total. The topological polar surface area (TPSA) is 73.5 Å². The molecule has 0 bridgehead atoms. The van der Waals surface area contributed by atoms with Gasteiger partial charge in [0.05, 0.1) is 32.8 Å². The van der Waals surface area contributed by atoms with E-state index in [9.17, 15) is 9.59 Å². The van der Waals surface area contributed by atoms with E-state index < -0.39 is 11.6 Å². The maximum atomic E-state index is 12.6. The Balaban J connectivity index is 2.08. The predicted octanol–water partition coefficient (Wildman–Crippen LogP) is 4.49. The van der Waals surface area contributed by atoms with Gasteiger partial charge in [0.15, 0.2) is 5.75 Å². The van der Waals surface area contributed by atoms with E-state index in [0.717, 1.165) is 12.8 Å². The first kappa shape index (κ1) is 16.1. The molecule has 0 aliphatic heterocycles. The number of hydrogen-bond donors (Lipinski definition) is 1. The second kappa shape index (κ2) is 5.82. The lowest BCUT2D eigenvalue weighted by molar-refractivity contribution is 0.143. The molecule has 1 fully saturated rings. The molecule has 25 heavy (non-hydrogen) atoms. The van der Waals surface area contributed by atoms with Crippen LogP contribution in [0.1, 0.15) is 18.9 Å². The van der Waals surface area contributed by atoms with Gasteiger partial charge < -0.3 is 19.0 Å². The molecule has 0 saturated heterocycles. The van der Waals surface area contributed by atoms with Crippen molar-refractivity contribution < 1.29 is 14.6 Å². The van der Waals surface area contributed by atoms with Gasteiger partial charge in [-0.25, -0.2) is 4.79 Å². The fraction of sp³-hybridized carbons (Fsp3) is 0.176. The third kappa shape index (κ3) is 2.67. The molecule has 0 spiro atoms. The summed E-state index contributed by atoms with van der Waals surface area (Å²) in [5.74, 6) is -0.257. The lowest BCUT2D eigenvalue weighted by Crippen LogP contribution is -2.16. The maximum absolute atomic E-state index is 12.6. The zero-order valence-electron chi connectivity index (χ0n) is 12.8. The van der Waals surface area contributed by atoms with Gasteiger partial charge in [-0.1, -0.05) is 23.2 Å². The zero-order valence-corrected chi connectivity index (χ0v) is 14.3.